The highest BCUT2D eigenvalue weighted by molar-refractivity contribution is 5.78. The van der Waals surface area contributed by atoms with Crippen LogP contribution in [-0.2, 0) is 11.2 Å². The number of alkyl halides is 1. The van der Waals surface area contributed by atoms with Gasteiger partial charge in [-0.15, -0.1) is 5.10 Å². The minimum Gasteiger partial charge on any atom is -0.472 e. The summed E-state index contributed by atoms with van der Waals surface area (Å²) in [7, 11) is 0. The van der Waals surface area contributed by atoms with Crippen molar-refractivity contribution in [3.05, 3.63) is 42.5 Å². The SMILES string of the molecule is O=C(Cc1ccoc1)NC[C@@H]1C[C@H](F)CN1c1cccnn1. The molecule has 0 aromatic carbocycles. The Balaban J connectivity index is 1.57. The highest BCUT2D eigenvalue weighted by atomic mass is 19.1. The van der Waals surface area contributed by atoms with E-state index >= 15 is 0 Å². The van der Waals surface area contributed by atoms with Crippen LogP contribution in [0.3, 0.4) is 0 Å². The van der Waals surface area contributed by atoms with Crippen molar-refractivity contribution in [3.63, 3.8) is 0 Å². The maximum absolute atomic E-state index is 13.7. The van der Waals surface area contributed by atoms with Crippen molar-refractivity contribution in [3.8, 4) is 0 Å². The zero-order chi connectivity index (χ0) is 15.4. The van der Waals surface area contributed by atoms with Gasteiger partial charge < -0.3 is 14.6 Å². The summed E-state index contributed by atoms with van der Waals surface area (Å²) < 4.78 is 18.7. The Morgan fingerprint density at radius 2 is 2.41 bits per heavy atom. The van der Waals surface area contributed by atoms with Gasteiger partial charge in [0.05, 0.1) is 31.5 Å². The molecular formula is C15H17FN4O2. The standard InChI is InChI=1S/C15H17FN4O2/c16-12-7-13(20(9-12)14-2-1-4-18-19-14)8-17-15(21)6-11-3-5-22-10-11/h1-5,10,12-13H,6-9H2,(H,17,21)/t12-,13-/m0/s1. The van der Waals surface area contributed by atoms with Crippen molar-refractivity contribution in [1.82, 2.24) is 15.5 Å². The van der Waals surface area contributed by atoms with Crippen molar-refractivity contribution in [2.24, 2.45) is 0 Å². The van der Waals surface area contributed by atoms with Crippen LogP contribution in [0.5, 0.6) is 0 Å². The van der Waals surface area contributed by atoms with Gasteiger partial charge in [0.25, 0.3) is 0 Å². The Morgan fingerprint density at radius 1 is 1.50 bits per heavy atom. The molecule has 0 aliphatic carbocycles. The molecule has 1 aliphatic rings. The largest absolute Gasteiger partial charge is 0.472 e. The summed E-state index contributed by atoms with van der Waals surface area (Å²) in [6.45, 7) is 0.661. The number of anilines is 1. The molecule has 0 bridgehead atoms. The topological polar surface area (TPSA) is 71.3 Å². The Hall–Kier alpha value is -2.44. The second-order valence-electron chi connectivity index (χ2n) is 5.33. The van der Waals surface area contributed by atoms with Gasteiger partial charge in [-0.3, -0.25) is 4.79 Å². The average molecular weight is 304 g/mol. The number of carbonyl (C=O) groups is 1. The second-order valence-corrected chi connectivity index (χ2v) is 5.33. The molecule has 0 radical (unpaired) electrons. The van der Waals surface area contributed by atoms with Crippen LogP contribution >= 0.6 is 0 Å². The van der Waals surface area contributed by atoms with Crippen LogP contribution in [-0.4, -0.2) is 41.4 Å². The summed E-state index contributed by atoms with van der Waals surface area (Å²) in [6.07, 6.45) is 4.36. The number of halogens is 1. The molecule has 1 aliphatic heterocycles. The first-order valence-corrected chi connectivity index (χ1v) is 7.18. The molecule has 0 saturated carbocycles. The third-order valence-corrected chi connectivity index (χ3v) is 3.70. The summed E-state index contributed by atoms with van der Waals surface area (Å²) in [5.41, 5.74) is 0.818. The van der Waals surface area contributed by atoms with E-state index in [1.807, 2.05) is 4.90 Å². The molecule has 1 N–H and O–H groups in total. The average Bonchev–Trinajstić information content (AvgIpc) is 3.15. The maximum atomic E-state index is 13.7. The number of amides is 1. The quantitative estimate of drug-likeness (QED) is 0.902. The van der Waals surface area contributed by atoms with E-state index in [9.17, 15) is 9.18 Å². The lowest BCUT2D eigenvalue weighted by atomic mass is 10.2. The third kappa shape index (κ3) is 3.41. The molecule has 22 heavy (non-hydrogen) atoms. The Morgan fingerprint density at radius 3 is 3.14 bits per heavy atom. The van der Waals surface area contributed by atoms with Gasteiger partial charge in [0, 0.05) is 19.2 Å². The van der Waals surface area contributed by atoms with Crippen molar-refractivity contribution >= 4 is 11.7 Å². The van der Waals surface area contributed by atoms with Crippen LogP contribution in [0.1, 0.15) is 12.0 Å². The van der Waals surface area contributed by atoms with Gasteiger partial charge in [-0.2, -0.15) is 5.10 Å². The van der Waals surface area contributed by atoms with Crippen LogP contribution in [0.25, 0.3) is 0 Å². The van der Waals surface area contributed by atoms with Gasteiger partial charge in [0.2, 0.25) is 5.91 Å². The van der Waals surface area contributed by atoms with E-state index in [1.165, 1.54) is 6.26 Å². The zero-order valence-electron chi connectivity index (χ0n) is 12.0. The van der Waals surface area contributed by atoms with Gasteiger partial charge in [-0.25, -0.2) is 4.39 Å². The zero-order valence-corrected chi connectivity index (χ0v) is 12.0. The number of nitrogens with one attached hydrogen (secondary N) is 1. The lowest BCUT2D eigenvalue weighted by Crippen LogP contribution is -2.41. The molecule has 0 spiro atoms. The normalized spacial score (nSPS) is 21.0. The van der Waals surface area contributed by atoms with Crippen molar-refractivity contribution in [1.29, 1.82) is 0 Å². The highest BCUT2D eigenvalue weighted by Crippen LogP contribution is 2.24. The first-order valence-electron chi connectivity index (χ1n) is 7.18. The highest BCUT2D eigenvalue weighted by Gasteiger charge is 2.33. The molecule has 3 heterocycles. The fraction of sp³-hybridized carbons (Fsp3) is 0.400. The van der Waals surface area contributed by atoms with Crippen molar-refractivity contribution < 1.29 is 13.6 Å². The minimum atomic E-state index is -0.919. The molecule has 116 valence electrons. The fourth-order valence-electron chi connectivity index (χ4n) is 2.65. The maximum Gasteiger partial charge on any atom is 0.224 e. The van der Waals surface area contributed by atoms with E-state index in [-0.39, 0.29) is 24.9 Å². The van der Waals surface area contributed by atoms with E-state index in [4.69, 9.17) is 4.42 Å². The lowest BCUT2D eigenvalue weighted by molar-refractivity contribution is -0.120. The van der Waals surface area contributed by atoms with Gasteiger partial charge in [0.15, 0.2) is 5.82 Å². The molecular weight excluding hydrogens is 287 g/mol. The minimum absolute atomic E-state index is 0.109. The number of nitrogens with zero attached hydrogens (tertiary/aromatic N) is 3. The molecule has 2 atom stereocenters. The predicted molar refractivity (Wildman–Crippen MR) is 78.1 cm³/mol. The number of furan rings is 1. The summed E-state index contributed by atoms with van der Waals surface area (Å²) in [4.78, 5) is 13.8. The van der Waals surface area contributed by atoms with Crippen LogP contribution in [0.15, 0.2) is 41.3 Å². The molecule has 1 fully saturated rings. The van der Waals surface area contributed by atoms with Crippen molar-refractivity contribution in [2.45, 2.75) is 25.1 Å². The van der Waals surface area contributed by atoms with E-state index in [0.29, 0.717) is 18.8 Å². The monoisotopic (exact) mass is 304 g/mol. The molecule has 1 amide bonds. The Bertz CT molecular complexity index is 605. The van der Waals surface area contributed by atoms with Crippen molar-refractivity contribution in [2.75, 3.05) is 18.0 Å². The summed E-state index contributed by atoms with van der Waals surface area (Å²) in [5.74, 6) is 0.527. The first kappa shape index (κ1) is 14.5. The smallest absolute Gasteiger partial charge is 0.224 e. The van der Waals surface area contributed by atoms with Crippen LogP contribution < -0.4 is 10.2 Å². The molecule has 6 nitrogen and oxygen atoms in total. The molecule has 1 saturated heterocycles. The van der Waals surface area contributed by atoms with Gasteiger partial charge in [0.1, 0.15) is 6.17 Å². The lowest BCUT2D eigenvalue weighted by Gasteiger charge is -2.24. The summed E-state index contributed by atoms with van der Waals surface area (Å²) in [6, 6.07) is 5.20. The number of rotatable bonds is 5. The van der Waals surface area contributed by atoms with Gasteiger partial charge in [-0.1, -0.05) is 0 Å². The van der Waals surface area contributed by atoms with Crippen LogP contribution in [0.2, 0.25) is 0 Å². The molecule has 0 unspecified atom stereocenters. The number of hydrogen-bond acceptors (Lipinski definition) is 5. The summed E-state index contributed by atoms with van der Waals surface area (Å²) in [5, 5.41) is 10.7. The number of hydrogen-bond donors (Lipinski definition) is 1. The molecule has 3 rings (SSSR count). The number of aromatic nitrogens is 2. The third-order valence-electron chi connectivity index (χ3n) is 3.70. The van der Waals surface area contributed by atoms with Crippen LogP contribution in [0.4, 0.5) is 10.2 Å². The second kappa shape index (κ2) is 6.55. The van der Waals surface area contributed by atoms with Gasteiger partial charge >= 0.3 is 0 Å². The number of carbonyl (C=O) groups excluding carboxylic acids is 1. The molecule has 7 heteroatoms. The predicted octanol–water partition coefficient (Wildman–Crippen LogP) is 1.35. The summed E-state index contributed by atoms with van der Waals surface area (Å²) >= 11 is 0. The van der Waals surface area contributed by atoms with Crippen LogP contribution in [0, 0.1) is 0 Å². The van der Waals surface area contributed by atoms with Gasteiger partial charge in [-0.05, 0) is 23.8 Å². The molecule has 2 aromatic rings. The fourth-order valence-corrected chi connectivity index (χ4v) is 2.65. The molecule has 2 aromatic heterocycles. The first-order chi connectivity index (χ1) is 10.7. The van der Waals surface area contributed by atoms with E-state index in [2.05, 4.69) is 15.5 Å². The Kier molecular flexibility index (Phi) is 4.32. The van der Waals surface area contributed by atoms with E-state index in [0.717, 1.165) is 5.56 Å². The van der Waals surface area contributed by atoms with E-state index < -0.39 is 6.17 Å². The van der Waals surface area contributed by atoms with E-state index in [1.54, 1.807) is 30.7 Å². The Labute approximate surface area is 127 Å².